The Bertz CT molecular complexity index is 1640. The Labute approximate surface area is 240 Å². The van der Waals surface area contributed by atoms with Crippen LogP contribution in [0.4, 0.5) is 0 Å². The first-order valence-electron chi connectivity index (χ1n) is 12.9. The van der Waals surface area contributed by atoms with Gasteiger partial charge >= 0.3 is 5.69 Å². The number of fused-ring (bicyclic) bond motifs is 1. The fourth-order valence-electron chi connectivity index (χ4n) is 4.26. The van der Waals surface area contributed by atoms with Crippen LogP contribution in [0.3, 0.4) is 0 Å². The second-order valence-electron chi connectivity index (χ2n) is 8.99. The molecule has 0 unspecified atom stereocenters. The molecule has 0 spiro atoms. The standard InChI is InChI=1S/C28H32ClN5O5S/c1-5-38-21-12-11-18(15-22(21)39-6-2)13-14-30-23(35)17-40-27-31-25-24(26(36)33(4)28(37)32(25)3)34(27)16-19-9-7-8-10-20(19)29/h7-12,15H,5-6,13-14,16-17H2,1-4H3,(H,30,35). The predicted molar refractivity (Wildman–Crippen MR) is 157 cm³/mol. The quantitative estimate of drug-likeness (QED) is 0.254. The third kappa shape index (κ3) is 6.37. The maximum Gasteiger partial charge on any atom is 0.332 e. The van der Waals surface area contributed by atoms with Crippen LogP contribution < -0.4 is 26.0 Å². The van der Waals surface area contributed by atoms with Gasteiger partial charge in [-0.1, -0.05) is 47.6 Å². The Kier molecular flexibility index (Phi) is 9.59. The molecule has 4 aromatic rings. The highest BCUT2D eigenvalue weighted by atomic mass is 35.5. The molecule has 0 saturated carbocycles. The molecule has 1 amide bonds. The first kappa shape index (κ1) is 29.3. The van der Waals surface area contributed by atoms with Crippen LogP contribution in [0.5, 0.6) is 11.5 Å². The number of hydrogen-bond donors (Lipinski definition) is 1. The molecule has 0 aliphatic rings. The largest absolute Gasteiger partial charge is 0.490 e. The molecule has 212 valence electrons. The molecule has 12 heteroatoms. The molecule has 0 aliphatic heterocycles. The lowest BCUT2D eigenvalue weighted by Crippen LogP contribution is -2.37. The van der Waals surface area contributed by atoms with E-state index in [0.29, 0.717) is 47.9 Å². The highest BCUT2D eigenvalue weighted by Gasteiger charge is 2.21. The van der Waals surface area contributed by atoms with Crippen LogP contribution >= 0.6 is 23.4 Å². The summed E-state index contributed by atoms with van der Waals surface area (Å²) in [5.74, 6) is 1.27. The van der Waals surface area contributed by atoms with Gasteiger partial charge in [0.15, 0.2) is 27.8 Å². The Hall–Kier alpha value is -3.70. The van der Waals surface area contributed by atoms with Crippen LogP contribution in [0.1, 0.15) is 25.0 Å². The van der Waals surface area contributed by atoms with Gasteiger partial charge in [0.1, 0.15) is 0 Å². The maximum atomic E-state index is 13.1. The first-order chi connectivity index (χ1) is 19.2. The summed E-state index contributed by atoms with van der Waals surface area (Å²) in [7, 11) is 2.99. The summed E-state index contributed by atoms with van der Waals surface area (Å²) >= 11 is 7.60. The van der Waals surface area contributed by atoms with Crippen molar-refractivity contribution in [3.63, 3.8) is 0 Å². The van der Waals surface area contributed by atoms with E-state index >= 15 is 0 Å². The van der Waals surface area contributed by atoms with Crippen molar-refractivity contribution in [2.24, 2.45) is 14.1 Å². The molecule has 0 aliphatic carbocycles. The molecular formula is C28H32ClN5O5S. The molecule has 0 saturated heterocycles. The number of nitrogens with zero attached hydrogens (tertiary/aromatic N) is 4. The molecule has 0 bridgehead atoms. The number of imidazole rings is 1. The van der Waals surface area contributed by atoms with Crippen molar-refractivity contribution >= 4 is 40.4 Å². The number of carbonyl (C=O) groups excluding carboxylic acids is 1. The number of ether oxygens (including phenoxy) is 2. The van der Waals surface area contributed by atoms with Crippen LogP contribution in [0, 0.1) is 0 Å². The van der Waals surface area contributed by atoms with Crippen molar-refractivity contribution in [3.05, 3.63) is 79.5 Å². The van der Waals surface area contributed by atoms with Crippen molar-refractivity contribution in [2.75, 3.05) is 25.5 Å². The summed E-state index contributed by atoms with van der Waals surface area (Å²) in [6.07, 6.45) is 0.617. The van der Waals surface area contributed by atoms with E-state index in [1.807, 2.05) is 50.2 Å². The van der Waals surface area contributed by atoms with Gasteiger partial charge in [-0.25, -0.2) is 9.78 Å². The predicted octanol–water partition coefficient (Wildman–Crippen LogP) is 3.38. The van der Waals surface area contributed by atoms with E-state index in [1.165, 1.54) is 23.4 Å². The number of benzene rings is 2. The van der Waals surface area contributed by atoms with Gasteiger partial charge in [-0.05, 0) is 49.6 Å². The van der Waals surface area contributed by atoms with Gasteiger partial charge in [0.25, 0.3) is 5.56 Å². The second-order valence-corrected chi connectivity index (χ2v) is 10.3. The van der Waals surface area contributed by atoms with Gasteiger partial charge in [-0.2, -0.15) is 0 Å². The molecule has 1 N–H and O–H groups in total. The van der Waals surface area contributed by atoms with Crippen molar-refractivity contribution < 1.29 is 14.3 Å². The maximum absolute atomic E-state index is 13.1. The van der Waals surface area contributed by atoms with Crippen molar-refractivity contribution in [1.82, 2.24) is 24.0 Å². The zero-order chi connectivity index (χ0) is 28.8. The summed E-state index contributed by atoms with van der Waals surface area (Å²) in [6.45, 7) is 5.60. The van der Waals surface area contributed by atoms with Crippen LogP contribution in [-0.4, -0.2) is 50.1 Å². The van der Waals surface area contributed by atoms with Crippen LogP contribution in [0.25, 0.3) is 11.2 Å². The summed E-state index contributed by atoms with van der Waals surface area (Å²) in [5, 5.41) is 3.92. The van der Waals surface area contributed by atoms with E-state index in [2.05, 4.69) is 10.3 Å². The zero-order valence-corrected chi connectivity index (χ0v) is 24.5. The number of amides is 1. The van der Waals surface area contributed by atoms with Crippen LogP contribution in [0.2, 0.25) is 5.02 Å². The lowest BCUT2D eigenvalue weighted by Gasteiger charge is -2.13. The van der Waals surface area contributed by atoms with E-state index in [-0.39, 0.29) is 29.4 Å². The Morgan fingerprint density at radius 2 is 1.75 bits per heavy atom. The molecule has 0 fully saturated rings. The number of nitrogens with one attached hydrogen (secondary N) is 1. The molecule has 10 nitrogen and oxygen atoms in total. The number of carbonyl (C=O) groups is 1. The van der Waals surface area contributed by atoms with E-state index in [1.54, 1.807) is 17.7 Å². The SMILES string of the molecule is CCOc1ccc(CCNC(=O)CSc2nc3c(c(=O)n(C)c(=O)n3C)n2Cc2ccccc2Cl)cc1OCC. The zero-order valence-electron chi connectivity index (χ0n) is 22.9. The van der Waals surface area contributed by atoms with Gasteiger partial charge in [-0.3, -0.25) is 18.7 Å². The van der Waals surface area contributed by atoms with E-state index < -0.39 is 11.2 Å². The lowest BCUT2D eigenvalue weighted by molar-refractivity contribution is -0.118. The van der Waals surface area contributed by atoms with Crippen LogP contribution in [-0.2, 0) is 31.9 Å². The highest BCUT2D eigenvalue weighted by molar-refractivity contribution is 7.99. The molecule has 2 aromatic heterocycles. The fourth-order valence-corrected chi connectivity index (χ4v) is 5.28. The number of halogens is 1. The average Bonchev–Trinajstić information content (AvgIpc) is 3.30. The van der Waals surface area contributed by atoms with Gasteiger partial charge in [0.05, 0.1) is 25.5 Å². The minimum Gasteiger partial charge on any atom is -0.490 e. The lowest BCUT2D eigenvalue weighted by atomic mass is 10.1. The molecule has 0 radical (unpaired) electrons. The summed E-state index contributed by atoms with van der Waals surface area (Å²) in [5.41, 5.74) is 1.38. The molecule has 40 heavy (non-hydrogen) atoms. The summed E-state index contributed by atoms with van der Waals surface area (Å²) in [6, 6.07) is 13.1. The normalized spacial score (nSPS) is 11.1. The van der Waals surface area contributed by atoms with Gasteiger partial charge in [0, 0.05) is 25.7 Å². The Morgan fingerprint density at radius 1 is 1.02 bits per heavy atom. The molecule has 4 rings (SSSR count). The van der Waals surface area contributed by atoms with Gasteiger partial charge in [0.2, 0.25) is 5.91 Å². The minimum atomic E-state index is -0.476. The Morgan fingerprint density at radius 3 is 2.48 bits per heavy atom. The average molecular weight is 586 g/mol. The fraction of sp³-hybridized carbons (Fsp3) is 0.357. The number of hydrogen-bond acceptors (Lipinski definition) is 7. The number of rotatable bonds is 12. The van der Waals surface area contributed by atoms with Gasteiger partial charge in [-0.15, -0.1) is 0 Å². The number of aryl methyl sites for hydroxylation is 1. The third-order valence-electron chi connectivity index (χ3n) is 6.28. The molecule has 2 heterocycles. The van der Waals surface area contributed by atoms with E-state index in [4.69, 9.17) is 21.1 Å². The molecule has 2 aromatic carbocycles. The summed E-state index contributed by atoms with van der Waals surface area (Å²) < 4.78 is 15.4. The third-order valence-corrected chi connectivity index (χ3v) is 7.62. The van der Waals surface area contributed by atoms with Crippen molar-refractivity contribution in [3.8, 4) is 11.5 Å². The number of thioether (sulfide) groups is 1. The van der Waals surface area contributed by atoms with E-state index in [9.17, 15) is 14.4 Å². The molecular weight excluding hydrogens is 554 g/mol. The first-order valence-corrected chi connectivity index (χ1v) is 14.3. The van der Waals surface area contributed by atoms with Gasteiger partial charge < -0.3 is 19.4 Å². The topological polar surface area (TPSA) is 109 Å². The van der Waals surface area contributed by atoms with Crippen molar-refractivity contribution in [2.45, 2.75) is 32.0 Å². The molecule has 0 atom stereocenters. The monoisotopic (exact) mass is 585 g/mol. The van der Waals surface area contributed by atoms with Crippen molar-refractivity contribution in [1.29, 1.82) is 0 Å². The highest BCUT2D eigenvalue weighted by Crippen LogP contribution is 2.29. The number of aromatic nitrogens is 4. The second kappa shape index (κ2) is 13.1. The minimum absolute atomic E-state index is 0.0770. The Balaban J connectivity index is 1.49. The van der Waals surface area contributed by atoms with E-state index in [0.717, 1.165) is 15.7 Å². The summed E-state index contributed by atoms with van der Waals surface area (Å²) in [4.78, 5) is 42.9. The smallest absolute Gasteiger partial charge is 0.332 e. The van der Waals surface area contributed by atoms with Crippen LogP contribution in [0.15, 0.2) is 57.2 Å².